The summed E-state index contributed by atoms with van der Waals surface area (Å²) in [5.74, 6) is -0.365. The van der Waals surface area contributed by atoms with Gasteiger partial charge in [0.05, 0.1) is 11.9 Å². The summed E-state index contributed by atoms with van der Waals surface area (Å²) >= 11 is 0. The van der Waals surface area contributed by atoms with Crippen LogP contribution in [0.4, 0.5) is 5.69 Å². The van der Waals surface area contributed by atoms with Gasteiger partial charge >= 0.3 is 0 Å². The number of unbranched alkanes of at least 4 members (excludes halogenated alkanes) is 1. The minimum Gasteiger partial charge on any atom is -0.354 e. The Morgan fingerprint density at radius 1 is 0.854 bits per heavy atom. The van der Waals surface area contributed by atoms with E-state index in [0.29, 0.717) is 25.1 Å². The van der Waals surface area contributed by atoms with Crippen molar-refractivity contribution in [3.63, 3.8) is 0 Å². The topological polar surface area (TPSA) is 86.8 Å². The van der Waals surface area contributed by atoms with E-state index in [1.54, 1.807) is 17.0 Å². The number of rotatable bonds is 15. The SMILES string of the molecule is CCCCNC(=O)[C@@H](Cc1ccccc1)N(Cc1ccc(C)cc1)C(=O)CCCN(c1ccccc1C)S(C)(=O)=O. The van der Waals surface area contributed by atoms with Crippen LogP contribution in [0.3, 0.4) is 0 Å². The van der Waals surface area contributed by atoms with Crippen LogP contribution in [0.5, 0.6) is 0 Å². The highest BCUT2D eigenvalue weighted by molar-refractivity contribution is 7.92. The molecule has 0 heterocycles. The number of hydrogen-bond acceptors (Lipinski definition) is 4. The molecule has 3 aromatic rings. The van der Waals surface area contributed by atoms with Gasteiger partial charge in [-0.05, 0) is 49.4 Å². The van der Waals surface area contributed by atoms with Gasteiger partial charge in [-0.3, -0.25) is 13.9 Å². The van der Waals surface area contributed by atoms with Crippen molar-refractivity contribution < 1.29 is 18.0 Å². The van der Waals surface area contributed by atoms with Crippen molar-refractivity contribution in [3.8, 4) is 0 Å². The molecule has 0 saturated carbocycles. The number of anilines is 1. The van der Waals surface area contributed by atoms with E-state index in [1.807, 2.05) is 80.6 Å². The first kappa shape index (κ1) is 31.9. The Hall–Kier alpha value is -3.65. The Labute approximate surface area is 245 Å². The first-order valence-electron chi connectivity index (χ1n) is 14.3. The number of para-hydroxylation sites is 1. The number of nitrogens with one attached hydrogen (secondary N) is 1. The van der Waals surface area contributed by atoms with Crippen molar-refractivity contribution in [1.82, 2.24) is 10.2 Å². The molecular formula is C33H43N3O4S. The summed E-state index contributed by atoms with van der Waals surface area (Å²) in [6.07, 6.45) is 3.80. The first-order valence-corrected chi connectivity index (χ1v) is 16.1. The molecule has 0 aliphatic rings. The van der Waals surface area contributed by atoms with Gasteiger partial charge in [-0.2, -0.15) is 0 Å². The summed E-state index contributed by atoms with van der Waals surface area (Å²) in [7, 11) is -3.55. The maximum Gasteiger partial charge on any atom is 0.243 e. The minimum absolute atomic E-state index is 0.108. The highest BCUT2D eigenvalue weighted by Crippen LogP contribution is 2.23. The van der Waals surface area contributed by atoms with E-state index >= 15 is 0 Å². The average molecular weight is 578 g/mol. The van der Waals surface area contributed by atoms with E-state index in [9.17, 15) is 18.0 Å². The molecule has 0 spiro atoms. The molecule has 220 valence electrons. The molecule has 7 nitrogen and oxygen atoms in total. The fourth-order valence-electron chi connectivity index (χ4n) is 4.78. The number of aryl methyl sites for hydroxylation is 2. The monoisotopic (exact) mass is 577 g/mol. The lowest BCUT2D eigenvalue weighted by Crippen LogP contribution is -2.50. The Balaban J connectivity index is 1.87. The van der Waals surface area contributed by atoms with E-state index in [1.165, 1.54) is 10.6 Å². The number of carbonyl (C=O) groups is 2. The van der Waals surface area contributed by atoms with Crippen LogP contribution in [0.1, 0.15) is 54.9 Å². The molecule has 41 heavy (non-hydrogen) atoms. The summed E-state index contributed by atoms with van der Waals surface area (Å²) in [4.78, 5) is 29.1. The van der Waals surface area contributed by atoms with Gasteiger partial charge in [-0.15, -0.1) is 0 Å². The predicted octanol–water partition coefficient (Wildman–Crippen LogP) is 5.41. The lowest BCUT2D eigenvalue weighted by Gasteiger charge is -2.32. The summed E-state index contributed by atoms with van der Waals surface area (Å²) in [6, 6.07) is 24.3. The molecule has 8 heteroatoms. The van der Waals surface area contributed by atoms with Gasteiger partial charge < -0.3 is 10.2 Å². The third kappa shape index (κ3) is 9.74. The van der Waals surface area contributed by atoms with Crippen molar-refractivity contribution >= 4 is 27.5 Å². The van der Waals surface area contributed by atoms with Crippen LogP contribution in [0.15, 0.2) is 78.9 Å². The molecule has 1 N–H and O–H groups in total. The fourth-order valence-corrected chi connectivity index (χ4v) is 5.80. The molecular weight excluding hydrogens is 534 g/mol. The van der Waals surface area contributed by atoms with E-state index < -0.39 is 16.1 Å². The number of carbonyl (C=O) groups excluding carboxylic acids is 2. The van der Waals surface area contributed by atoms with E-state index in [0.717, 1.165) is 35.1 Å². The van der Waals surface area contributed by atoms with Gasteiger partial charge in [0.25, 0.3) is 0 Å². The highest BCUT2D eigenvalue weighted by Gasteiger charge is 2.30. The Bertz CT molecular complexity index is 1380. The van der Waals surface area contributed by atoms with E-state index in [4.69, 9.17) is 0 Å². The van der Waals surface area contributed by atoms with Crippen LogP contribution in [0.25, 0.3) is 0 Å². The molecule has 1 atom stereocenters. The molecule has 3 aromatic carbocycles. The number of amides is 2. The first-order chi connectivity index (χ1) is 19.6. The number of sulfonamides is 1. The Morgan fingerprint density at radius 2 is 1.51 bits per heavy atom. The summed E-state index contributed by atoms with van der Waals surface area (Å²) in [5, 5.41) is 3.04. The summed E-state index contributed by atoms with van der Waals surface area (Å²) < 4.78 is 26.7. The van der Waals surface area contributed by atoms with Gasteiger partial charge in [0.2, 0.25) is 21.8 Å². The van der Waals surface area contributed by atoms with Crippen LogP contribution in [-0.2, 0) is 32.6 Å². The van der Waals surface area contributed by atoms with Gasteiger partial charge in [0.1, 0.15) is 6.04 Å². The third-order valence-electron chi connectivity index (χ3n) is 7.11. The summed E-state index contributed by atoms with van der Waals surface area (Å²) in [6.45, 7) is 6.94. The standard InChI is InChI=1S/C33H43N3O4S/c1-5-6-22-34-33(38)31(24-28-14-8-7-9-15-28)35(25-29-20-18-26(2)19-21-29)32(37)17-12-23-36(41(4,39)40)30-16-11-10-13-27(30)3/h7-11,13-16,18-21,31H,5-6,12,17,22-25H2,1-4H3,(H,34,38)/t31-/m1/s1. The van der Waals surface area contributed by atoms with Crippen LogP contribution in [-0.4, -0.2) is 50.5 Å². The Kier molecular flexibility index (Phi) is 12.0. The minimum atomic E-state index is -3.55. The van der Waals surface area contributed by atoms with Gasteiger partial charge in [0.15, 0.2) is 0 Å². The second kappa shape index (κ2) is 15.4. The zero-order valence-electron chi connectivity index (χ0n) is 24.7. The number of benzene rings is 3. The van der Waals surface area contributed by atoms with E-state index in [-0.39, 0.29) is 31.3 Å². The second-order valence-electron chi connectivity index (χ2n) is 10.6. The molecule has 2 amide bonds. The average Bonchev–Trinajstić information content (AvgIpc) is 2.94. The highest BCUT2D eigenvalue weighted by atomic mass is 32.2. The maximum absolute atomic E-state index is 13.9. The quantitative estimate of drug-likeness (QED) is 0.245. The van der Waals surface area contributed by atoms with Crippen molar-refractivity contribution in [2.75, 3.05) is 23.7 Å². The van der Waals surface area contributed by atoms with Crippen LogP contribution < -0.4 is 9.62 Å². The van der Waals surface area contributed by atoms with E-state index in [2.05, 4.69) is 12.2 Å². The lowest BCUT2D eigenvalue weighted by atomic mass is 10.0. The van der Waals surface area contributed by atoms with Gasteiger partial charge in [-0.25, -0.2) is 8.42 Å². The zero-order chi connectivity index (χ0) is 29.8. The lowest BCUT2D eigenvalue weighted by molar-refractivity contribution is -0.141. The number of hydrogen-bond donors (Lipinski definition) is 1. The van der Waals surface area contributed by atoms with Gasteiger partial charge in [-0.1, -0.05) is 91.7 Å². The molecule has 0 bridgehead atoms. The third-order valence-corrected chi connectivity index (χ3v) is 8.29. The normalized spacial score (nSPS) is 12.0. The zero-order valence-corrected chi connectivity index (χ0v) is 25.5. The molecule has 0 saturated heterocycles. The molecule has 0 radical (unpaired) electrons. The van der Waals surface area contributed by atoms with Crippen LogP contribution in [0, 0.1) is 13.8 Å². The van der Waals surface area contributed by atoms with Crippen LogP contribution in [0.2, 0.25) is 0 Å². The predicted molar refractivity (Wildman–Crippen MR) is 166 cm³/mol. The smallest absolute Gasteiger partial charge is 0.243 e. The summed E-state index contributed by atoms with van der Waals surface area (Å²) in [5.41, 5.74) is 4.46. The maximum atomic E-state index is 13.9. The molecule has 0 aromatic heterocycles. The second-order valence-corrected chi connectivity index (χ2v) is 12.5. The van der Waals surface area contributed by atoms with Crippen molar-refractivity contribution in [1.29, 1.82) is 0 Å². The van der Waals surface area contributed by atoms with Gasteiger partial charge in [0, 0.05) is 32.5 Å². The molecule has 3 rings (SSSR count). The van der Waals surface area contributed by atoms with Crippen molar-refractivity contribution in [2.24, 2.45) is 0 Å². The molecule has 0 unspecified atom stereocenters. The van der Waals surface area contributed by atoms with Crippen molar-refractivity contribution in [2.45, 2.75) is 65.5 Å². The largest absolute Gasteiger partial charge is 0.354 e. The van der Waals surface area contributed by atoms with Crippen LogP contribution >= 0.6 is 0 Å². The molecule has 0 aliphatic heterocycles. The number of nitrogens with zero attached hydrogens (tertiary/aromatic N) is 2. The molecule has 0 fully saturated rings. The fraction of sp³-hybridized carbons (Fsp3) is 0.394. The van der Waals surface area contributed by atoms with Crippen molar-refractivity contribution in [3.05, 3.63) is 101 Å². The Morgan fingerprint density at radius 3 is 2.15 bits per heavy atom. The molecule has 0 aliphatic carbocycles.